The van der Waals surface area contributed by atoms with E-state index in [0.717, 1.165) is 49.4 Å². The lowest BCUT2D eigenvalue weighted by atomic mass is 10.3. The fraction of sp³-hybridized carbons (Fsp3) is 0.455. The van der Waals surface area contributed by atoms with Gasteiger partial charge < -0.3 is 14.7 Å². The Morgan fingerprint density at radius 3 is 3.25 bits per heavy atom. The third-order valence-corrected chi connectivity index (χ3v) is 2.89. The predicted octanol–water partition coefficient (Wildman–Crippen LogP) is 1.02. The minimum absolute atomic E-state index is 0.808. The third-order valence-electron chi connectivity index (χ3n) is 2.89. The summed E-state index contributed by atoms with van der Waals surface area (Å²) < 4.78 is 5.15. The molecule has 0 aromatic carbocycles. The van der Waals surface area contributed by atoms with Crippen LogP contribution in [-0.4, -0.2) is 36.3 Å². The molecule has 2 aromatic heterocycles. The van der Waals surface area contributed by atoms with Crippen molar-refractivity contribution in [3.05, 3.63) is 18.5 Å². The van der Waals surface area contributed by atoms with Gasteiger partial charge in [0.2, 0.25) is 0 Å². The molecule has 1 aliphatic heterocycles. The quantitative estimate of drug-likeness (QED) is 0.774. The molecule has 0 atom stereocenters. The minimum atomic E-state index is 0.808. The van der Waals surface area contributed by atoms with E-state index in [2.05, 4.69) is 20.4 Å². The highest BCUT2D eigenvalue weighted by Gasteiger charge is 2.11. The highest BCUT2D eigenvalue weighted by molar-refractivity contribution is 5.77. The third kappa shape index (κ3) is 1.74. The smallest absolute Gasteiger partial charge is 0.172 e. The molecule has 1 aliphatic rings. The number of nitrogens with zero attached hydrogens (tertiary/aromatic N) is 3. The van der Waals surface area contributed by atoms with Crippen LogP contribution in [0.5, 0.6) is 0 Å². The number of anilines is 1. The predicted molar refractivity (Wildman–Crippen MR) is 61.5 cm³/mol. The second-order valence-corrected chi connectivity index (χ2v) is 4.00. The molecule has 2 aromatic rings. The topological polar surface area (TPSA) is 54.2 Å². The first-order valence-electron chi connectivity index (χ1n) is 5.59. The van der Waals surface area contributed by atoms with Gasteiger partial charge in [0.1, 0.15) is 5.82 Å². The molecule has 3 rings (SSSR count). The van der Waals surface area contributed by atoms with Gasteiger partial charge in [0.15, 0.2) is 5.58 Å². The van der Waals surface area contributed by atoms with E-state index in [1.165, 1.54) is 0 Å². The molecule has 0 bridgehead atoms. The molecule has 0 unspecified atom stereocenters. The van der Waals surface area contributed by atoms with Crippen molar-refractivity contribution in [1.29, 1.82) is 0 Å². The molecule has 1 N–H and O–H groups in total. The number of rotatable bonds is 1. The summed E-state index contributed by atoms with van der Waals surface area (Å²) >= 11 is 0. The van der Waals surface area contributed by atoms with E-state index in [-0.39, 0.29) is 0 Å². The number of aromatic nitrogens is 2. The average molecular weight is 218 g/mol. The van der Waals surface area contributed by atoms with Crippen LogP contribution in [0.3, 0.4) is 0 Å². The molecule has 16 heavy (non-hydrogen) atoms. The zero-order chi connectivity index (χ0) is 10.8. The van der Waals surface area contributed by atoms with Gasteiger partial charge >= 0.3 is 0 Å². The van der Waals surface area contributed by atoms with Gasteiger partial charge in [-0.15, -0.1) is 0 Å². The van der Waals surface area contributed by atoms with Crippen molar-refractivity contribution in [2.75, 3.05) is 31.1 Å². The molecule has 0 radical (unpaired) electrons. The summed E-state index contributed by atoms with van der Waals surface area (Å²) in [5.41, 5.74) is 0.808. The first-order chi connectivity index (χ1) is 7.93. The van der Waals surface area contributed by atoms with Gasteiger partial charge in [0.25, 0.3) is 0 Å². The normalized spacial score (nSPS) is 17.6. The number of hydrogen-bond acceptors (Lipinski definition) is 5. The molecule has 0 spiro atoms. The average Bonchev–Trinajstić information content (AvgIpc) is 2.61. The van der Waals surface area contributed by atoms with Gasteiger partial charge in [-0.2, -0.15) is 0 Å². The van der Waals surface area contributed by atoms with Gasteiger partial charge in [-0.05, 0) is 13.0 Å². The Morgan fingerprint density at radius 2 is 2.25 bits per heavy atom. The fourth-order valence-corrected chi connectivity index (χ4v) is 2.00. The summed E-state index contributed by atoms with van der Waals surface area (Å²) in [7, 11) is 0. The molecule has 84 valence electrons. The molecule has 1 saturated heterocycles. The highest BCUT2D eigenvalue weighted by atomic mass is 16.5. The fourth-order valence-electron chi connectivity index (χ4n) is 2.00. The van der Waals surface area contributed by atoms with Crippen LogP contribution >= 0.6 is 0 Å². The number of pyridine rings is 1. The maximum absolute atomic E-state index is 5.15. The van der Waals surface area contributed by atoms with Crippen LogP contribution in [0.15, 0.2) is 23.0 Å². The maximum atomic E-state index is 5.15. The van der Waals surface area contributed by atoms with Crippen molar-refractivity contribution in [3.8, 4) is 0 Å². The van der Waals surface area contributed by atoms with E-state index in [9.17, 15) is 0 Å². The second kappa shape index (κ2) is 4.09. The van der Waals surface area contributed by atoms with Gasteiger partial charge in [0.05, 0.1) is 11.6 Å². The van der Waals surface area contributed by atoms with E-state index in [0.29, 0.717) is 0 Å². The Balaban J connectivity index is 1.91. The number of fused-ring (bicyclic) bond motifs is 1. The monoisotopic (exact) mass is 218 g/mol. The van der Waals surface area contributed by atoms with Crippen LogP contribution in [0.1, 0.15) is 6.42 Å². The lowest BCUT2D eigenvalue weighted by Crippen LogP contribution is -2.28. The highest BCUT2D eigenvalue weighted by Crippen LogP contribution is 2.19. The van der Waals surface area contributed by atoms with Crippen molar-refractivity contribution < 1.29 is 4.52 Å². The molecule has 0 aliphatic carbocycles. The van der Waals surface area contributed by atoms with Crippen LogP contribution in [-0.2, 0) is 0 Å². The van der Waals surface area contributed by atoms with Crippen LogP contribution in [0.25, 0.3) is 11.0 Å². The lowest BCUT2D eigenvalue weighted by molar-refractivity contribution is 0.456. The number of hydrogen-bond donors (Lipinski definition) is 1. The lowest BCUT2D eigenvalue weighted by Gasteiger charge is -2.20. The standard InChI is InChI=1S/C11H14N4O/c1-2-12-3-5-15(4-1)11-6-10-9(7-13-11)8-14-16-10/h6-8,12H,1-5H2. The molecule has 0 saturated carbocycles. The van der Waals surface area contributed by atoms with Crippen LogP contribution in [0, 0.1) is 0 Å². The van der Waals surface area contributed by atoms with Crippen LogP contribution in [0.2, 0.25) is 0 Å². The van der Waals surface area contributed by atoms with Crippen molar-refractivity contribution in [2.45, 2.75) is 6.42 Å². The summed E-state index contributed by atoms with van der Waals surface area (Å²) in [4.78, 5) is 6.72. The molecule has 1 fully saturated rings. The van der Waals surface area contributed by atoms with E-state index in [1.807, 2.05) is 12.3 Å². The first-order valence-corrected chi connectivity index (χ1v) is 5.59. The molecule has 5 nitrogen and oxygen atoms in total. The maximum Gasteiger partial charge on any atom is 0.172 e. The van der Waals surface area contributed by atoms with Crippen molar-refractivity contribution >= 4 is 16.8 Å². The molecule has 5 heteroatoms. The van der Waals surface area contributed by atoms with E-state index < -0.39 is 0 Å². The first kappa shape index (κ1) is 9.59. The Hall–Kier alpha value is -1.62. The molecule has 3 heterocycles. The zero-order valence-electron chi connectivity index (χ0n) is 9.02. The van der Waals surface area contributed by atoms with Gasteiger partial charge in [-0.3, -0.25) is 0 Å². The van der Waals surface area contributed by atoms with Gasteiger partial charge in [-0.1, -0.05) is 5.16 Å². The largest absolute Gasteiger partial charge is 0.356 e. The minimum Gasteiger partial charge on any atom is -0.356 e. The van der Waals surface area contributed by atoms with Crippen LogP contribution < -0.4 is 10.2 Å². The number of nitrogens with one attached hydrogen (secondary N) is 1. The Kier molecular flexibility index (Phi) is 2.46. The van der Waals surface area contributed by atoms with Crippen LogP contribution in [0.4, 0.5) is 5.82 Å². The second-order valence-electron chi connectivity index (χ2n) is 4.00. The molecular formula is C11H14N4O. The summed E-state index contributed by atoms with van der Waals surface area (Å²) in [5, 5.41) is 8.09. The summed E-state index contributed by atoms with van der Waals surface area (Å²) in [6.45, 7) is 4.13. The van der Waals surface area contributed by atoms with Crippen molar-refractivity contribution in [3.63, 3.8) is 0 Å². The zero-order valence-corrected chi connectivity index (χ0v) is 9.02. The van der Waals surface area contributed by atoms with E-state index in [4.69, 9.17) is 4.52 Å². The SMILES string of the molecule is c1noc2cc(N3CCCNCC3)ncc12. The van der Waals surface area contributed by atoms with E-state index in [1.54, 1.807) is 6.20 Å². The van der Waals surface area contributed by atoms with E-state index >= 15 is 0 Å². The summed E-state index contributed by atoms with van der Waals surface area (Å²) in [6.07, 6.45) is 4.66. The Bertz CT molecular complexity index is 474. The summed E-state index contributed by atoms with van der Waals surface area (Å²) in [5.74, 6) is 0.980. The Labute approximate surface area is 93.4 Å². The van der Waals surface area contributed by atoms with Gasteiger partial charge in [0, 0.05) is 31.9 Å². The summed E-state index contributed by atoms with van der Waals surface area (Å²) in [6, 6.07) is 1.97. The van der Waals surface area contributed by atoms with Crippen molar-refractivity contribution in [2.24, 2.45) is 0 Å². The van der Waals surface area contributed by atoms with Gasteiger partial charge in [-0.25, -0.2) is 4.98 Å². The Morgan fingerprint density at radius 1 is 1.25 bits per heavy atom. The molecule has 0 amide bonds. The molecular weight excluding hydrogens is 204 g/mol. The van der Waals surface area contributed by atoms with Crippen molar-refractivity contribution in [1.82, 2.24) is 15.5 Å².